The van der Waals surface area contributed by atoms with E-state index in [2.05, 4.69) is 48.8 Å². The zero-order valence-electron chi connectivity index (χ0n) is 12.5. The van der Waals surface area contributed by atoms with E-state index < -0.39 is 0 Å². The van der Waals surface area contributed by atoms with Gasteiger partial charge in [-0.25, -0.2) is 0 Å². The van der Waals surface area contributed by atoms with Crippen LogP contribution in [0.3, 0.4) is 0 Å². The van der Waals surface area contributed by atoms with Crippen LogP contribution in [0, 0.1) is 0 Å². The van der Waals surface area contributed by atoms with Crippen molar-refractivity contribution in [1.29, 1.82) is 0 Å². The Morgan fingerprint density at radius 2 is 1.81 bits per heavy atom. The van der Waals surface area contributed by atoms with Crippen molar-refractivity contribution in [3.05, 3.63) is 70.2 Å². The molecular formula is C19H22ClN. The van der Waals surface area contributed by atoms with Crippen molar-refractivity contribution in [1.82, 2.24) is 5.32 Å². The highest BCUT2D eigenvalue weighted by molar-refractivity contribution is 6.30. The summed E-state index contributed by atoms with van der Waals surface area (Å²) >= 11 is 5.98. The molecule has 1 saturated carbocycles. The molecule has 0 aromatic heterocycles. The lowest BCUT2D eigenvalue weighted by molar-refractivity contribution is 0.412. The third kappa shape index (κ3) is 3.30. The van der Waals surface area contributed by atoms with Crippen LogP contribution in [0.1, 0.15) is 47.9 Å². The van der Waals surface area contributed by atoms with Crippen LogP contribution in [0.25, 0.3) is 0 Å². The van der Waals surface area contributed by atoms with Gasteiger partial charge in [0.25, 0.3) is 0 Å². The summed E-state index contributed by atoms with van der Waals surface area (Å²) in [6.45, 7) is 0. The van der Waals surface area contributed by atoms with Gasteiger partial charge in [0.05, 0.1) is 0 Å². The second-order valence-electron chi connectivity index (χ2n) is 5.93. The summed E-state index contributed by atoms with van der Waals surface area (Å²) in [4.78, 5) is 0. The van der Waals surface area contributed by atoms with Crippen LogP contribution in [0.2, 0.25) is 5.02 Å². The maximum Gasteiger partial charge on any atom is 0.0406 e. The number of hydrogen-bond acceptors (Lipinski definition) is 1. The number of hydrogen-bond donors (Lipinski definition) is 1. The second kappa shape index (κ2) is 6.64. The van der Waals surface area contributed by atoms with Gasteiger partial charge in [-0.05, 0) is 61.1 Å². The van der Waals surface area contributed by atoms with Gasteiger partial charge < -0.3 is 5.32 Å². The maximum absolute atomic E-state index is 5.98. The van der Waals surface area contributed by atoms with Crippen molar-refractivity contribution in [3.63, 3.8) is 0 Å². The largest absolute Gasteiger partial charge is 0.313 e. The van der Waals surface area contributed by atoms with Crippen molar-refractivity contribution in [2.75, 3.05) is 7.05 Å². The number of nitrogens with one attached hydrogen (secondary N) is 1. The van der Waals surface area contributed by atoms with Gasteiger partial charge in [0, 0.05) is 11.1 Å². The Labute approximate surface area is 132 Å². The molecule has 0 aliphatic heterocycles. The van der Waals surface area contributed by atoms with Gasteiger partial charge in [-0.15, -0.1) is 0 Å². The third-order valence-electron chi connectivity index (χ3n) is 4.62. The molecule has 0 spiro atoms. The molecule has 1 unspecified atom stereocenters. The van der Waals surface area contributed by atoms with E-state index in [-0.39, 0.29) is 0 Å². The Balaban J connectivity index is 1.84. The van der Waals surface area contributed by atoms with E-state index in [0.29, 0.717) is 6.04 Å². The smallest absolute Gasteiger partial charge is 0.0406 e. The zero-order valence-corrected chi connectivity index (χ0v) is 13.2. The lowest BCUT2D eigenvalue weighted by Crippen LogP contribution is -2.22. The topological polar surface area (TPSA) is 12.0 Å². The zero-order chi connectivity index (χ0) is 14.7. The number of halogens is 1. The molecule has 3 rings (SSSR count). The highest BCUT2D eigenvalue weighted by Gasteiger charge is 2.24. The van der Waals surface area contributed by atoms with Gasteiger partial charge in [-0.3, -0.25) is 0 Å². The minimum atomic E-state index is 0.364. The molecule has 21 heavy (non-hydrogen) atoms. The first-order valence-electron chi connectivity index (χ1n) is 7.78. The molecule has 1 aliphatic rings. The van der Waals surface area contributed by atoms with Crippen LogP contribution >= 0.6 is 11.6 Å². The number of benzene rings is 2. The molecule has 1 atom stereocenters. The molecule has 0 heterocycles. The third-order valence-corrected chi connectivity index (χ3v) is 4.87. The summed E-state index contributed by atoms with van der Waals surface area (Å²) < 4.78 is 0. The fourth-order valence-corrected chi connectivity index (χ4v) is 3.27. The van der Waals surface area contributed by atoms with E-state index in [0.717, 1.165) is 17.4 Å². The molecule has 1 N–H and O–H groups in total. The molecule has 2 heteroatoms. The predicted octanol–water partition coefficient (Wildman–Crippen LogP) is 5.11. The fraction of sp³-hybridized carbons (Fsp3) is 0.368. The molecule has 2 aromatic carbocycles. The first kappa shape index (κ1) is 14.6. The van der Waals surface area contributed by atoms with Gasteiger partial charge in [-0.2, -0.15) is 0 Å². The minimum Gasteiger partial charge on any atom is -0.313 e. The SMILES string of the molecule is CNC(Cc1ccc(Cl)cc1)c1ccccc1C1CCC1. The van der Waals surface area contributed by atoms with E-state index >= 15 is 0 Å². The Kier molecular flexibility index (Phi) is 4.62. The lowest BCUT2D eigenvalue weighted by atomic mass is 9.76. The van der Waals surface area contributed by atoms with E-state index in [1.165, 1.54) is 36.0 Å². The Bertz CT molecular complexity index is 587. The van der Waals surface area contributed by atoms with Crippen LogP contribution in [0.5, 0.6) is 0 Å². The molecule has 0 saturated heterocycles. The molecular weight excluding hydrogens is 278 g/mol. The number of likely N-dealkylation sites (N-methyl/N-ethyl adjacent to an activating group) is 1. The monoisotopic (exact) mass is 299 g/mol. The lowest BCUT2D eigenvalue weighted by Gasteiger charge is -2.30. The Morgan fingerprint density at radius 3 is 2.43 bits per heavy atom. The summed E-state index contributed by atoms with van der Waals surface area (Å²) in [7, 11) is 2.05. The first-order valence-corrected chi connectivity index (χ1v) is 8.16. The van der Waals surface area contributed by atoms with E-state index in [4.69, 9.17) is 11.6 Å². The summed E-state index contributed by atoms with van der Waals surface area (Å²) in [5.41, 5.74) is 4.32. The maximum atomic E-state index is 5.98. The molecule has 1 fully saturated rings. The first-order chi connectivity index (χ1) is 10.3. The fourth-order valence-electron chi connectivity index (χ4n) is 3.14. The van der Waals surface area contributed by atoms with Crippen molar-refractivity contribution < 1.29 is 0 Å². The molecule has 1 aliphatic carbocycles. The van der Waals surface area contributed by atoms with E-state index in [1.54, 1.807) is 0 Å². The van der Waals surface area contributed by atoms with Gasteiger partial charge in [0.15, 0.2) is 0 Å². The quantitative estimate of drug-likeness (QED) is 0.809. The van der Waals surface area contributed by atoms with Crippen LogP contribution in [0.15, 0.2) is 48.5 Å². The minimum absolute atomic E-state index is 0.364. The molecule has 0 bridgehead atoms. The van der Waals surface area contributed by atoms with Crippen molar-refractivity contribution >= 4 is 11.6 Å². The van der Waals surface area contributed by atoms with E-state index in [1.807, 2.05) is 12.1 Å². The summed E-state index contributed by atoms with van der Waals surface area (Å²) in [6, 6.07) is 17.5. The average Bonchev–Trinajstić information content (AvgIpc) is 2.46. The van der Waals surface area contributed by atoms with Crippen LogP contribution < -0.4 is 5.32 Å². The molecule has 1 nitrogen and oxygen atoms in total. The highest BCUT2D eigenvalue weighted by Crippen LogP contribution is 2.39. The van der Waals surface area contributed by atoms with E-state index in [9.17, 15) is 0 Å². The van der Waals surface area contributed by atoms with Crippen LogP contribution in [-0.4, -0.2) is 7.05 Å². The van der Waals surface area contributed by atoms with Crippen molar-refractivity contribution in [2.24, 2.45) is 0 Å². The van der Waals surface area contributed by atoms with Gasteiger partial charge in [0.1, 0.15) is 0 Å². The summed E-state index contributed by atoms with van der Waals surface area (Å²) in [6.07, 6.45) is 5.06. The Morgan fingerprint density at radius 1 is 1.10 bits per heavy atom. The summed E-state index contributed by atoms with van der Waals surface area (Å²) in [5.74, 6) is 0.766. The van der Waals surface area contributed by atoms with Gasteiger partial charge in [-0.1, -0.05) is 54.4 Å². The Hall–Kier alpha value is -1.31. The highest BCUT2D eigenvalue weighted by atomic mass is 35.5. The van der Waals surface area contributed by atoms with Crippen LogP contribution in [-0.2, 0) is 6.42 Å². The average molecular weight is 300 g/mol. The molecule has 2 aromatic rings. The van der Waals surface area contributed by atoms with Crippen molar-refractivity contribution in [3.8, 4) is 0 Å². The summed E-state index contributed by atoms with van der Waals surface area (Å²) in [5, 5.41) is 4.29. The van der Waals surface area contributed by atoms with Crippen LogP contribution in [0.4, 0.5) is 0 Å². The molecule has 0 radical (unpaired) electrons. The molecule has 0 amide bonds. The number of rotatable bonds is 5. The standard InChI is InChI=1S/C19H22ClN/c1-21-19(13-14-9-11-16(20)12-10-14)18-8-3-2-7-17(18)15-5-4-6-15/h2-3,7-12,15,19,21H,4-6,13H2,1H3. The predicted molar refractivity (Wildman–Crippen MR) is 90.0 cm³/mol. The normalized spacial score (nSPS) is 16.5. The molecule has 110 valence electrons. The van der Waals surface area contributed by atoms with Gasteiger partial charge >= 0.3 is 0 Å². The van der Waals surface area contributed by atoms with Crippen molar-refractivity contribution in [2.45, 2.75) is 37.6 Å². The van der Waals surface area contributed by atoms with Gasteiger partial charge in [0.2, 0.25) is 0 Å². The second-order valence-corrected chi connectivity index (χ2v) is 6.37.